The number of carbonyl (C=O) groups is 2. The highest BCUT2D eigenvalue weighted by atomic mass is 16.5. The van der Waals surface area contributed by atoms with Gasteiger partial charge in [-0.25, -0.2) is 9.59 Å². The standard InChI is InChI=1S/C52H74O7/c1-8-11-13-14-15-16-17-20-41-23-25-43(26-24-41)44-27-28-48(42(10-3)34-44)47-35-45(21-18-31-58-50(55)39(4)5)49(46(36-47)22-19-32-59-51(56)40(6)7)57-33-30-52(37-53,38-54)29-12-9-2/h23-28,34-36,53-54H,4,6,8-22,29-33,37-38H2,1-3,5,7H3. The second kappa shape index (κ2) is 26.8. The van der Waals surface area contributed by atoms with Gasteiger partial charge in [0.25, 0.3) is 0 Å². The van der Waals surface area contributed by atoms with Crippen LogP contribution in [0.1, 0.15) is 140 Å². The van der Waals surface area contributed by atoms with Gasteiger partial charge in [-0.3, -0.25) is 0 Å². The monoisotopic (exact) mass is 811 g/mol. The van der Waals surface area contributed by atoms with Gasteiger partial charge in [0.2, 0.25) is 0 Å². The number of rotatable bonds is 30. The van der Waals surface area contributed by atoms with Crippen LogP contribution in [0.25, 0.3) is 22.3 Å². The molecule has 0 spiro atoms. The number of hydrogen-bond acceptors (Lipinski definition) is 7. The third-order valence-corrected chi connectivity index (χ3v) is 11.4. The summed E-state index contributed by atoms with van der Waals surface area (Å²) in [5.74, 6) is -0.0722. The largest absolute Gasteiger partial charge is 0.493 e. The van der Waals surface area contributed by atoms with Crippen LogP contribution in [0, 0.1) is 5.41 Å². The van der Waals surface area contributed by atoms with Crippen molar-refractivity contribution in [3.63, 3.8) is 0 Å². The molecular formula is C52H74O7. The first-order valence-electron chi connectivity index (χ1n) is 22.4. The lowest BCUT2D eigenvalue weighted by Gasteiger charge is -2.30. The van der Waals surface area contributed by atoms with Gasteiger partial charge < -0.3 is 24.4 Å². The Bertz CT molecular complexity index is 1700. The number of benzene rings is 3. The summed E-state index contributed by atoms with van der Waals surface area (Å²) < 4.78 is 17.6. The van der Waals surface area contributed by atoms with Crippen molar-refractivity contribution in [1.29, 1.82) is 0 Å². The Morgan fingerprint density at radius 2 is 1.10 bits per heavy atom. The topological polar surface area (TPSA) is 102 Å². The Morgan fingerprint density at radius 1 is 0.576 bits per heavy atom. The molecule has 0 atom stereocenters. The maximum absolute atomic E-state index is 12.2. The zero-order valence-corrected chi connectivity index (χ0v) is 37.1. The molecule has 0 saturated heterocycles. The van der Waals surface area contributed by atoms with E-state index in [1.807, 2.05) is 0 Å². The fourth-order valence-corrected chi connectivity index (χ4v) is 7.48. The number of aliphatic hydroxyl groups excluding tert-OH is 2. The van der Waals surface area contributed by atoms with Gasteiger partial charge in [0, 0.05) is 16.6 Å². The molecule has 2 N–H and O–H groups in total. The molecule has 324 valence electrons. The maximum atomic E-state index is 12.2. The summed E-state index contributed by atoms with van der Waals surface area (Å²) >= 11 is 0. The first kappa shape index (κ1) is 49.2. The maximum Gasteiger partial charge on any atom is 0.333 e. The van der Waals surface area contributed by atoms with E-state index in [0.717, 1.165) is 53.7 Å². The molecule has 0 bridgehead atoms. The summed E-state index contributed by atoms with van der Waals surface area (Å²) in [7, 11) is 0. The SMILES string of the molecule is C=C(C)C(=O)OCCCc1cc(-c2ccc(-c3ccc(CCCCCCCCC)cc3)cc2CC)cc(CCCOC(=O)C(=C)C)c1OCCC(CO)(CO)CCCC. The first-order valence-corrected chi connectivity index (χ1v) is 22.4. The molecule has 3 aromatic carbocycles. The highest BCUT2D eigenvalue weighted by molar-refractivity contribution is 5.87. The van der Waals surface area contributed by atoms with Crippen LogP contribution in [0.15, 0.2) is 78.9 Å². The van der Waals surface area contributed by atoms with Crippen LogP contribution in [0.2, 0.25) is 0 Å². The van der Waals surface area contributed by atoms with Crippen LogP contribution in [0.3, 0.4) is 0 Å². The third kappa shape index (κ3) is 16.4. The number of aryl methyl sites for hydroxylation is 4. The van der Waals surface area contributed by atoms with Gasteiger partial charge in [0.1, 0.15) is 5.75 Å². The summed E-state index contributed by atoms with van der Waals surface area (Å²) in [6, 6.07) is 20.2. The van der Waals surface area contributed by atoms with E-state index in [9.17, 15) is 19.8 Å². The van der Waals surface area contributed by atoms with Gasteiger partial charge in [0.05, 0.1) is 33.0 Å². The van der Waals surface area contributed by atoms with E-state index in [2.05, 4.69) is 88.5 Å². The van der Waals surface area contributed by atoms with Gasteiger partial charge in [-0.15, -0.1) is 0 Å². The zero-order chi connectivity index (χ0) is 43.0. The minimum Gasteiger partial charge on any atom is -0.493 e. The summed E-state index contributed by atoms with van der Waals surface area (Å²) in [5.41, 5.74) is 9.28. The molecule has 3 aromatic rings. The quantitative estimate of drug-likeness (QED) is 0.0393. The van der Waals surface area contributed by atoms with Crippen LogP contribution >= 0.6 is 0 Å². The van der Waals surface area contributed by atoms with Gasteiger partial charge in [-0.1, -0.05) is 128 Å². The Kier molecular flexibility index (Phi) is 22.3. The average Bonchev–Trinajstić information content (AvgIpc) is 3.25. The van der Waals surface area contributed by atoms with E-state index in [-0.39, 0.29) is 26.4 Å². The number of ether oxygens (including phenoxy) is 3. The van der Waals surface area contributed by atoms with E-state index in [0.29, 0.717) is 56.3 Å². The lowest BCUT2D eigenvalue weighted by atomic mass is 9.81. The van der Waals surface area contributed by atoms with Gasteiger partial charge in [-0.05, 0) is 128 Å². The van der Waals surface area contributed by atoms with Crippen molar-refractivity contribution >= 4 is 11.9 Å². The van der Waals surface area contributed by atoms with E-state index in [1.54, 1.807) is 13.8 Å². The van der Waals surface area contributed by atoms with E-state index >= 15 is 0 Å². The van der Waals surface area contributed by atoms with Crippen molar-refractivity contribution in [2.45, 2.75) is 144 Å². The summed E-state index contributed by atoms with van der Waals surface area (Å²) in [5, 5.41) is 20.7. The van der Waals surface area contributed by atoms with Crippen molar-refractivity contribution in [1.82, 2.24) is 0 Å². The number of unbranched alkanes of at least 4 members (excludes halogenated alkanes) is 7. The average molecular weight is 811 g/mol. The Labute approximate surface area is 356 Å². The highest BCUT2D eigenvalue weighted by Gasteiger charge is 2.28. The third-order valence-electron chi connectivity index (χ3n) is 11.4. The first-order chi connectivity index (χ1) is 28.5. The number of carbonyl (C=O) groups excluding carboxylic acids is 2. The van der Waals surface area contributed by atoms with Crippen LogP contribution in [-0.2, 0) is 44.7 Å². The molecule has 0 heterocycles. The van der Waals surface area contributed by atoms with Crippen LogP contribution in [-0.4, -0.2) is 55.2 Å². The Morgan fingerprint density at radius 3 is 1.63 bits per heavy atom. The molecule has 0 aliphatic rings. The second-order valence-electron chi connectivity index (χ2n) is 16.5. The van der Waals surface area contributed by atoms with Crippen molar-refractivity contribution < 1.29 is 34.0 Å². The minimum atomic E-state index is -0.630. The molecule has 0 radical (unpaired) electrons. The molecule has 0 unspecified atom stereocenters. The molecule has 0 aliphatic carbocycles. The van der Waals surface area contributed by atoms with Crippen molar-refractivity contribution in [3.8, 4) is 28.0 Å². The zero-order valence-electron chi connectivity index (χ0n) is 37.1. The second-order valence-corrected chi connectivity index (χ2v) is 16.5. The Hall–Kier alpha value is -4.20. The van der Waals surface area contributed by atoms with E-state index in [1.165, 1.54) is 67.2 Å². The summed E-state index contributed by atoms with van der Waals surface area (Å²) in [4.78, 5) is 24.4. The Balaban J connectivity index is 1.97. The van der Waals surface area contributed by atoms with Gasteiger partial charge >= 0.3 is 11.9 Å². The molecule has 0 aromatic heterocycles. The van der Waals surface area contributed by atoms with Gasteiger partial charge in [0.15, 0.2) is 0 Å². The predicted octanol–water partition coefficient (Wildman–Crippen LogP) is 11.9. The molecule has 0 saturated carbocycles. The smallest absolute Gasteiger partial charge is 0.333 e. The molecule has 59 heavy (non-hydrogen) atoms. The summed E-state index contributed by atoms with van der Waals surface area (Å²) in [6.07, 6.45) is 16.6. The van der Waals surface area contributed by atoms with Crippen LogP contribution < -0.4 is 4.74 Å². The molecule has 0 aliphatic heterocycles. The number of aliphatic hydroxyl groups is 2. The normalized spacial score (nSPS) is 11.4. The van der Waals surface area contributed by atoms with Crippen molar-refractivity contribution in [3.05, 3.63) is 101 Å². The lowest BCUT2D eigenvalue weighted by Crippen LogP contribution is -2.32. The molecule has 7 heteroatoms. The lowest BCUT2D eigenvalue weighted by molar-refractivity contribution is -0.139. The molecule has 0 fully saturated rings. The minimum absolute atomic E-state index is 0.118. The van der Waals surface area contributed by atoms with Gasteiger partial charge in [-0.2, -0.15) is 0 Å². The highest BCUT2D eigenvalue weighted by Crippen LogP contribution is 2.37. The molecule has 0 amide bonds. The van der Waals surface area contributed by atoms with Crippen LogP contribution in [0.4, 0.5) is 0 Å². The van der Waals surface area contributed by atoms with Crippen molar-refractivity contribution in [2.75, 3.05) is 33.0 Å². The molecular weight excluding hydrogens is 737 g/mol. The van der Waals surface area contributed by atoms with E-state index < -0.39 is 17.4 Å². The van der Waals surface area contributed by atoms with E-state index in [4.69, 9.17) is 14.2 Å². The van der Waals surface area contributed by atoms with Crippen LogP contribution in [0.5, 0.6) is 5.75 Å². The van der Waals surface area contributed by atoms with Crippen molar-refractivity contribution in [2.24, 2.45) is 5.41 Å². The molecule has 3 rings (SSSR count). The number of hydrogen-bond donors (Lipinski definition) is 2. The summed E-state index contributed by atoms with van der Waals surface area (Å²) in [6.45, 7) is 17.8. The molecule has 7 nitrogen and oxygen atoms in total. The predicted molar refractivity (Wildman–Crippen MR) is 243 cm³/mol. The number of esters is 2. The fourth-order valence-electron chi connectivity index (χ4n) is 7.48. The fraction of sp³-hybridized carbons (Fsp3) is 0.538.